The number of halogens is 1. The molecule has 0 bridgehead atoms. The Labute approximate surface area is 235 Å². The first-order chi connectivity index (χ1) is 19.3. The van der Waals surface area contributed by atoms with Crippen molar-refractivity contribution >= 4 is 34.4 Å². The third-order valence-corrected chi connectivity index (χ3v) is 9.90. The second-order valence-corrected chi connectivity index (χ2v) is 12.1. The fourth-order valence-electron chi connectivity index (χ4n) is 7.70. The van der Waals surface area contributed by atoms with Crippen LogP contribution in [-0.4, -0.2) is 58.1 Å². The van der Waals surface area contributed by atoms with Crippen LogP contribution in [0.15, 0.2) is 18.2 Å². The highest BCUT2D eigenvalue weighted by Gasteiger charge is 2.47. The molecule has 0 spiro atoms. The molecule has 1 unspecified atom stereocenters. The zero-order valence-electron chi connectivity index (χ0n) is 23.5. The van der Waals surface area contributed by atoms with Crippen LogP contribution in [0.1, 0.15) is 87.2 Å². The van der Waals surface area contributed by atoms with Crippen molar-refractivity contribution in [2.75, 3.05) is 18.5 Å². The maximum Gasteiger partial charge on any atom is 0.352 e. The lowest BCUT2D eigenvalue weighted by Gasteiger charge is -2.36. The van der Waals surface area contributed by atoms with Gasteiger partial charge in [-0.3, -0.25) is 9.59 Å². The number of benzene rings is 1. The lowest BCUT2D eigenvalue weighted by Crippen LogP contribution is -2.50. The Morgan fingerprint density at radius 1 is 1.10 bits per heavy atom. The molecule has 1 aromatic carbocycles. The van der Waals surface area contributed by atoms with Gasteiger partial charge in [-0.15, -0.1) is 0 Å². The fraction of sp³-hybridized carbons (Fsp3) is 0.645. The van der Waals surface area contributed by atoms with E-state index in [2.05, 4.69) is 10.3 Å². The number of aryl methyl sites for hydroxylation is 1. The van der Waals surface area contributed by atoms with E-state index >= 15 is 0 Å². The number of nitrogens with two attached hydrogens (primary N) is 1. The highest BCUT2D eigenvalue weighted by molar-refractivity contribution is 6.02. The molecule has 2 saturated carbocycles. The number of carbonyl (C=O) groups is 3. The van der Waals surface area contributed by atoms with Crippen LogP contribution in [0.25, 0.3) is 10.9 Å². The third-order valence-electron chi connectivity index (χ3n) is 9.90. The number of carboxylic acids is 1. The summed E-state index contributed by atoms with van der Waals surface area (Å²) in [6, 6.07) is 4.43. The molecular weight excluding hydrogens is 511 g/mol. The van der Waals surface area contributed by atoms with E-state index in [1.54, 1.807) is 12.1 Å². The Morgan fingerprint density at radius 3 is 2.48 bits per heavy atom. The van der Waals surface area contributed by atoms with Crippen LogP contribution >= 0.6 is 0 Å². The molecule has 2 amide bonds. The maximum absolute atomic E-state index is 14.0. The summed E-state index contributed by atoms with van der Waals surface area (Å²) in [6.07, 6.45) is 9.98. The zero-order valence-corrected chi connectivity index (χ0v) is 23.5. The summed E-state index contributed by atoms with van der Waals surface area (Å²) in [5.74, 6) is -0.609. The number of aromatic nitrogens is 1. The molecule has 5 N–H and O–H groups in total. The number of alkyl halides is 1. The summed E-state index contributed by atoms with van der Waals surface area (Å²) in [7, 11) is 0. The van der Waals surface area contributed by atoms with Gasteiger partial charge in [-0.2, -0.15) is 0 Å². The number of aromatic amines is 1. The molecule has 3 fully saturated rings. The van der Waals surface area contributed by atoms with Crippen molar-refractivity contribution in [2.24, 2.45) is 29.4 Å². The van der Waals surface area contributed by atoms with E-state index in [4.69, 9.17) is 5.73 Å². The van der Waals surface area contributed by atoms with E-state index in [-0.39, 0.29) is 35.3 Å². The van der Waals surface area contributed by atoms with Gasteiger partial charge < -0.3 is 26.0 Å². The van der Waals surface area contributed by atoms with Crippen molar-refractivity contribution in [3.8, 4) is 0 Å². The number of hydrogen-bond acceptors (Lipinski definition) is 4. The molecule has 3 atom stereocenters. The van der Waals surface area contributed by atoms with Crippen molar-refractivity contribution < 1.29 is 23.9 Å². The molecule has 2 aliphatic carbocycles. The number of carboxylic acid groups (broad SMARTS) is 1. The molecular formula is C31H43FN4O4. The first-order valence-corrected chi connectivity index (χ1v) is 15.1. The van der Waals surface area contributed by atoms with Crippen LogP contribution in [0.2, 0.25) is 0 Å². The SMILES string of the molecule is CCc1c(C(=O)O)[nH]c2ccc(NC(=O)[C@@H]3C(C4CCCCC4)CCN3C(=O)[C@H]3CC[C@H]([C@H](N)CF)CC3)cc12. The minimum absolute atomic E-state index is 0.0474. The minimum Gasteiger partial charge on any atom is -0.477 e. The number of likely N-dealkylation sites (tertiary alicyclic amines) is 1. The Morgan fingerprint density at radius 2 is 1.82 bits per heavy atom. The molecule has 1 saturated heterocycles. The number of H-pyrrole nitrogens is 1. The van der Waals surface area contributed by atoms with Crippen LogP contribution < -0.4 is 11.1 Å². The van der Waals surface area contributed by atoms with Gasteiger partial charge in [0.05, 0.1) is 0 Å². The van der Waals surface area contributed by atoms with Gasteiger partial charge in [0.25, 0.3) is 0 Å². The van der Waals surface area contributed by atoms with E-state index < -0.39 is 24.7 Å². The highest BCUT2D eigenvalue weighted by Crippen LogP contribution is 2.41. The van der Waals surface area contributed by atoms with Crippen LogP contribution in [0, 0.1) is 23.7 Å². The highest BCUT2D eigenvalue weighted by atomic mass is 19.1. The molecule has 0 radical (unpaired) electrons. The first kappa shape index (κ1) is 28.6. The number of nitrogens with one attached hydrogen (secondary N) is 2. The zero-order chi connectivity index (χ0) is 28.4. The summed E-state index contributed by atoms with van der Waals surface area (Å²) in [5.41, 5.74) is 8.14. The van der Waals surface area contributed by atoms with E-state index in [0.29, 0.717) is 48.5 Å². The molecule has 1 aromatic heterocycles. The standard InChI is InChI=1S/C31H43FN4O4/c1-2-22-24-16-21(12-13-26(24)35-27(22)31(39)40)34-29(37)28-23(18-6-4-3-5-7-18)14-15-36(28)30(38)20-10-8-19(9-11-20)25(33)17-32/h12-13,16,18-20,23,25,28,35H,2-11,14-15,17,33H2,1H3,(H,34,37)(H,39,40)/t19-,20-,23?,25-,28+/m1/s1. The van der Waals surface area contributed by atoms with Gasteiger partial charge in [0.15, 0.2) is 0 Å². The largest absolute Gasteiger partial charge is 0.477 e. The van der Waals surface area contributed by atoms with Crippen molar-refractivity contribution in [3.05, 3.63) is 29.5 Å². The fourth-order valence-corrected chi connectivity index (χ4v) is 7.70. The summed E-state index contributed by atoms with van der Waals surface area (Å²) >= 11 is 0. The van der Waals surface area contributed by atoms with Gasteiger partial charge in [-0.1, -0.05) is 39.0 Å². The van der Waals surface area contributed by atoms with Crippen LogP contribution in [0.3, 0.4) is 0 Å². The molecule has 1 aliphatic heterocycles. The van der Waals surface area contributed by atoms with Crippen molar-refractivity contribution in [1.29, 1.82) is 0 Å². The molecule has 2 aromatic rings. The van der Waals surface area contributed by atoms with Crippen LogP contribution in [-0.2, 0) is 16.0 Å². The summed E-state index contributed by atoms with van der Waals surface area (Å²) in [5, 5.41) is 13.5. The lowest BCUT2D eigenvalue weighted by molar-refractivity contribution is -0.142. The summed E-state index contributed by atoms with van der Waals surface area (Å²) < 4.78 is 13.1. The number of aromatic carboxylic acids is 1. The van der Waals surface area contributed by atoms with Crippen molar-refractivity contribution in [2.45, 2.75) is 89.6 Å². The number of amides is 2. The predicted molar refractivity (Wildman–Crippen MR) is 153 cm³/mol. The smallest absolute Gasteiger partial charge is 0.352 e. The Bertz CT molecular complexity index is 1230. The summed E-state index contributed by atoms with van der Waals surface area (Å²) in [6.45, 7) is 1.96. The monoisotopic (exact) mass is 554 g/mol. The molecule has 5 rings (SSSR count). The van der Waals surface area contributed by atoms with Crippen LogP contribution in [0.5, 0.6) is 0 Å². The number of anilines is 1. The topological polar surface area (TPSA) is 129 Å². The van der Waals surface area contributed by atoms with Gasteiger partial charge in [0.2, 0.25) is 11.8 Å². The van der Waals surface area contributed by atoms with E-state index in [1.807, 2.05) is 17.9 Å². The Hall–Kier alpha value is -2.94. The Kier molecular flexibility index (Phi) is 8.78. The maximum atomic E-state index is 14.0. The quantitative estimate of drug-likeness (QED) is 0.354. The van der Waals surface area contributed by atoms with Gasteiger partial charge >= 0.3 is 5.97 Å². The molecule has 3 aliphatic rings. The molecule has 8 nitrogen and oxygen atoms in total. The van der Waals surface area contributed by atoms with Crippen LogP contribution in [0.4, 0.5) is 10.1 Å². The minimum atomic E-state index is -1.00. The van der Waals surface area contributed by atoms with Crippen molar-refractivity contribution in [3.63, 3.8) is 0 Å². The number of fused-ring (bicyclic) bond motifs is 1. The molecule has 218 valence electrons. The van der Waals surface area contributed by atoms with Crippen molar-refractivity contribution in [1.82, 2.24) is 9.88 Å². The van der Waals surface area contributed by atoms with E-state index in [1.165, 1.54) is 6.42 Å². The molecule has 40 heavy (non-hydrogen) atoms. The summed E-state index contributed by atoms with van der Waals surface area (Å²) in [4.78, 5) is 44.4. The second-order valence-electron chi connectivity index (χ2n) is 12.1. The van der Waals surface area contributed by atoms with Gasteiger partial charge in [0.1, 0.15) is 18.4 Å². The van der Waals surface area contributed by atoms with Gasteiger partial charge in [0, 0.05) is 35.1 Å². The lowest BCUT2D eigenvalue weighted by atomic mass is 9.76. The van der Waals surface area contributed by atoms with E-state index in [0.717, 1.165) is 50.3 Å². The average molecular weight is 555 g/mol. The molecule has 9 heteroatoms. The second kappa shape index (κ2) is 12.3. The number of rotatable bonds is 8. The third kappa shape index (κ3) is 5.62. The number of hydrogen-bond donors (Lipinski definition) is 4. The predicted octanol–water partition coefficient (Wildman–Crippen LogP) is 5.27. The normalized spacial score (nSPS) is 26.6. The number of carbonyl (C=O) groups excluding carboxylic acids is 2. The van der Waals surface area contributed by atoms with Gasteiger partial charge in [-0.05, 0) is 80.0 Å². The number of nitrogens with zero attached hydrogens (tertiary/aromatic N) is 1. The van der Waals surface area contributed by atoms with Gasteiger partial charge in [-0.25, -0.2) is 9.18 Å². The average Bonchev–Trinajstić information content (AvgIpc) is 3.59. The first-order valence-electron chi connectivity index (χ1n) is 15.1. The Balaban J connectivity index is 1.37. The molecule has 2 heterocycles. The van der Waals surface area contributed by atoms with E-state index in [9.17, 15) is 23.9 Å².